The molecule has 3 unspecified atom stereocenters. The molecule has 1 heterocycles. The van der Waals surface area contributed by atoms with Crippen molar-refractivity contribution in [2.24, 2.45) is 0 Å². The first-order chi connectivity index (χ1) is 14.5. The minimum atomic E-state index is -0.537. The van der Waals surface area contributed by atoms with Crippen molar-refractivity contribution >= 4 is 6.09 Å². The molecule has 0 bridgehead atoms. The number of likely N-dealkylation sites (N-methyl/N-ethyl adjacent to an activating group) is 1. The average Bonchev–Trinajstić information content (AvgIpc) is 3.09. The summed E-state index contributed by atoms with van der Waals surface area (Å²) in [5.74, 6) is -1.07. The summed E-state index contributed by atoms with van der Waals surface area (Å²) in [6.07, 6.45) is 7.25. The largest absolute Gasteiger partial charge is 0.453 e. The number of carbonyl (C=O) groups is 1. The number of methoxy groups -OCH3 is 1. The van der Waals surface area contributed by atoms with E-state index in [9.17, 15) is 13.6 Å². The first-order valence-electron chi connectivity index (χ1n) is 11.0. The van der Waals surface area contributed by atoms with E-state index in [0.717, 1.165) is 25.3 Å². The van der Waals surface area contributed by atoms with E-state index in [1.54, 1.807) is 0 Å². The first-order valence-corrected chi connectivity index (χ1v) is 11.0. The fraction of sp³-hybridized carbons (Fsp3) is 0.696. The van der Waals surface area contributed by atoms with Crippen molar-refractivity contribution in [1.82, 2.24) is 10.2 Å². The fourth-order valence-corrected chi connectivity index (χ4v) is 4.01. The predicted molar refractivity (Wildman–Crippen MR) is 115 cm³/mol. The van der Waals surface area contributed by atoms with Gasteiger partial charge < -0.3 is 14.8 Å². The van der Waals surface area contributed by atoms with Crippen LogP contribution in [0.25, 0.3) is 0 Å². The SMILES string of the molecule is CC.CNC1CC(C)N(C(=O)OC)C1COC1CCCCC1.Fc1cccc(F)c1. The molecule has 30 heavy (non-hydrogen) atoms. The van der Waals surface area contributed by atoms with Gasteiger partial charge in [-0.3, -0.25) is 4.90 Å². The quantitative estimate of drug-likeness (QED) is 0.721. The highest BCUT2D eigenvalue weighted by Crippen LogP contribution is 2.27. The molecule has 1 aromatic carbocycles. The Labute approximate surface area is 180 Å². The van der Waals surface area contributed by atoms with Gasteiger partial charge in [0.2, 0.25) is 0 Å². The van der Waals surface area contributed by atoms with Crippen LogP contribution in [-0.4, -0.2) is 56.0 Å². The normalized spacial score (nSPS) is 23.7. The van der Waals surface area contributed by atoms with Crippen LogP contribution in [0.15, 0.2) is 24.3 Å². The maximum atomic E-state index is 12.0. The molecule has 3 atom stereocenters. The van der Waals surface area contributed by atoms with Crippen LogP contribution in [0.1, 0.15) is 59.3 Å². The van der Waals surface area contributed by atoms with E-state index in [1.165, 1.54) is 44.6 Å². The zero-order valence-electron chi connectivity index (χ0n) is 19.0. The van der Waals surface area contributed by atoms with Crippen LogP contribution in [0.4, 0.5) is 13.6 Å². The van der Waals surface area contributed by atoms with Gasteiger partial charge in [0.05, 0.1) is 25.9 Å². The highest BCUT2D eigenvalue weighted by Gasteiger charge is 2.42. The van der Waals surface area contributed by atoms with Crippen molar-refractivity contribution in [3.05, 3.63) is 35.9 Å². The lowest BCUT2D eigenvalue weighted by atomic mass is 9.98. The molecule has 5 nitrogen and oxygen atoms in total. The number of nitrogens with zero attached hydrogens (tertiary/aromatic N) is 1. The van der Waals surface area contributed by atoms with Crippen LogP contribution in [0.5, 0.6) is 0 Å². The lowest BCUT2D eigenvalue weighted by Gasteiger charge is -2.31. The van der Waals surface area contributed by atoms with E-state index in [2.05, 4.69) is 12.2 Å². The van der Waals surface area contributed by atoms with Crippen LogP contribution in [0, 0.1) is 11.6 Å². The summed E-state index contributed by atoms with van der Waals surface area (Å²) in [5.41, 5.74) is 0. The van der Waals surface area contributed by atoms with Crippen molar-refractivity contribution in [3.8, 4) is 0 Å². The number of hydrogen-bond acceptors (Lipinski definition) is 4. The standard InChI is InChI=1S/C15H28N2O3.C6H4F2.C2H6/c1-11-9-13(16-2)14(17(11)15(18)19-3)10-20-12-7-5-4-6-8-12;7-5-2-1-3-6(8)4-5;1-2/h11-14,16H,4-10H2,1-3H3;1-4H;1-2H3. The Morgan fingerprint density at radius 3 is 2.23 bits per heavy atom. The van der Waals surface area contributed by atoms with Gasteiger partial charge in [-0.25, -0.2) is 13.6 Å². The van der Waals surface area contributed by atoms with Crippen LogP contribution >= 0.6 is 0 Å². The van der Waals surface area contributed by atoms with Gasteiger partial charge in [-0.15, -0.1) is 0 Å². The molecule has 0 radical (unpaired) electrons. The van der Waals surface area contributed by atoms with Gasteiger partial charge in [-0.2, -0.15) is 0 Å². The molecule has 1 aliphatic carbocycles. The van der Waals surface area contributed by atoms with Crippen LogP contribution < -0.4 is 5.32 Å². The third-order valence-corrected chi connectivity index (χ3v) is 5.49. The number of nitrogens with one attached hydrogen (secondary N) is 1. The summed E-state index contributed by atoms with van der Waals surface area (Å²) in [6, 6.07) is 5.11. The van der Waals surface area contributed by atoms with Crippen molar-refractivity contribution < 1.29 is 23.0 Å². The number of carbonyl (C=O) groups excluding carboxylic acids is 1. The minimum Gasteiger partial charge on any atom is -0.453 e. The lowest BCUT2D eigenvalue weighted by Crippen LogP contribution is -2.48. The summed E-state index contributed by atoms with van der Waals surface area (Å²) < 4.78 is 34.9. The van der Waals surface area contributed by atoms with E-state index in [1.807, 2.05) is 25.8 Å². The van der Waals surface area contributed by atoms with Crippen LogP contribution in [0.2, 0.25) is 0 Å². The number of halogens is 2. The molecule has 7 heteroatoms. The maximum Gasteiger partial charge on any atom is 0.410 e. The van der Waals surface area contributed by atoms with Crippen molar-refractivity contribution in [2.45, 2.75) is 83.5 Å². The average molecular weight is 429 g/mol. The molecular formula is C23H38F2N2O3. The summed E-state index contributed by atoms with van der Waals surface area (Å²) >= 11 is 0. The summed E-state index contributed by atoms with van der Waals surface area (Å²) in [7, 11) is 3.40. The van der Waals surface area contributed by atoms with Crippen LogP contribution in [0.3, 0.4) is 0 Å². The Morgan fingerprint density at radius 2 is 1.77 bits per heavy atom. The smallest absolute Gasteiger partial charge is 0.410 e. The molecule has 2 aliphatic rings. The molecule has 1 saturated carbocycles. The highest BCUT2D eigenvalue weighted by atomic mass is 19.1. The Balaban J connectivity index is 0.000000375. The molecule has 1 aromatic rings. The van der Waals surface area contributed by atoms with Gasteiger partial charge >= 0.3 is 6.09 Å². The molecule has 0 aromatic heterocycles. The lowest BCUT2D eigenvalue weighted by molar-refractivity contribution is -0.00687. The minimum absolute atomic E-state index is 0.0735. The summed E-state index contributed by atoms with van der Waals surface area (Å²) in [5, 5.41) is 3.31. The molecule has 1 aliphatic heterocycles. The summed E-state index contributed by atoms with van der Waals surface area (Å²) in [6.45, 7) is 6.68. The van der Waals surface area contributed by atoms with E-state index >= 15 is 0 Å². The second-order valence-electron chi connectivity index (χ2n) is 7.46. The number of benzene rings is 1. The monoisotopic (exact) mass is 428 g/mol. The van der Waals surface area contributed by atoms with Gasteiger partial charge in [-0.05, 0) is 45.4 Å². The van der Waals surface area contributed by atoms with E-state index < -0.39 is 11.6 Å². The van der Waals surface area contributed by atoms with Gasteiger partial charge in [0.25, 0.3) is 0 Å². The second kappa shape index (κ2) is 14.3. The zero-order chi connectivity index (χ0) is 22.5. The van der Waals surface area contributed by atoms with Crippen molar-refractivity contribution in [3.63, 3.8) is 0 Å². The molecule has 2 fully saturated rings. The topological polar surface area (TPSA) is 50.8 Å². The molecule has 1 N–H and O–H groups in total. The van der Waals surface area contributed by atoms with Gasteiger partial charge in [0.15, 0.2) is 0 Å². The number of hydrogen-bond donors (Lipinski definition) is 1. The highest BCUT2D eigenvalue weighted by molar-refractivity contribution is 5.69. The third kappa shape index (κ3) is 8.19. The number of likely N-dealkylation sites (tertiary alicyclic amines) is 1. The Morgan fingerprint density at radius 1 is 1.17 bits per heavy atom. The molecular weight excluding hydrogens is 390 g/mol. The van der Waals surface area contributed by atoms with Gasteiger partial charge in [0.1, 0.15) is 11.6 Å². The molecule has 1 amide bonds. The zero-order valence-corrected chi connectivity index (χ0v) is 19.0. The summed E-state index contributed by atoms with van der Waals surface area (Å²) in [4.78, 5) is 13.8. The molecule has 172 valence electrons. The molecule has 1 saturated heterocycles. The van der Waals surface area contributed by atoms with E-state index in [4.69, 9.17) is 9.47 Å². The van der Waals surface area contributed by atoms with E-state index in [-0.39, 0.29) is 24.2 Å². The van der Waals surface area contributed by atoms with Gasteiger partial charge in [0, 0.05) is 18.2 Å². The number of ether oxygens (including phenoxy) is 2. The molecule has 0 spiro atoms. The number of amides is 1. The van der Waals surface area contributed by atoms with Crippen molar-refractivity contribution in [2.75, 3.05) is 20.8 Å². The predicted octanol–water partition coefficient (Wildman–Crippen LogP) is 5.14. The Kier molecular flexibility index (Phi) is 12.5. The van der Waals surface area contributed by atoms with Crippen LogP contribution in [-0.2, 0) is 9.47 Å². The molecule has 3 rings (SSSR count). The number of rotatable bonds is 4. The van der Waals surface area contributed by atoms with Gasteiger partial charge in [-0.1, -0.05) is 39.2 Å². The second-order valence-corrected chi connectivity index (χ2v) is 7.46. The fourth-order valence-electron chi connectivity index (χ4n) is 4.01. The first kappa shape index (κ1) is 26.3. The Bertz CT molecular complexity index is 595. The van der Waals surface area contributed by atoms with E-state index in [0.29, 0.717) is 12.7 Å². The Hall–Kier alpha value is -1.73. The van der Waals surface area contributed by atoms with Crippen molar-refractivity contribution in [1.29, 1.82) is 0 Å². The third-order valence-electron chi connectivity index (χ3n) is 5.49. The maximum absolute atomic E-state index is 12.0.